The first-order valence-electron chi connectivity index (χ1n) is 6.54. The van der Waals surface area contributed by atoms with Gasteiger partial charge in [0.25, 0.3) is 0 Å². The fraction of sp³-hybridized carbons (Fsp3) is 0.429. The molecule has 0 radical (unpaired) electrons. The van der Waals surface area contributed by atoms with Crippen LogP contribution in [0.15, 0.2) is 24.5 Å². The van der Waals surface area contributed by atoms with Crippen molar-refractivity contribution in [2.45, 2.75) is 32.9 Å². The fourth-order valence-electron chi connectivity index (χ4n) is 2.05. The van der Waals surface area contributed by atoms with Gasteiger partial charge in [0, 0.05) is 27.6 Å². The minimum Gasteiger partial charge on any atom is -0.324 e. The topological polar surface area (TPSA) is 56.7 Å². The van der Waals surface area contributed by atoms with E-state index >= 15 is 0 Å². The summed E-state index contributed by atoms with van der Waals surface area (Å²) in [5.74, 6) is 1.44. The van der Waals surface area contributed by atoms with Gasteiger partial charge >= 0.3 is 0 Å². The van der Waals surface area contributed by atoms with E-state index in [-0.39, 0.29) is 6.04 Å². The molecule has 2 aromatic rings. The van der Waals surface area contributed by atoms with Gasteiger partial charge in [0.05, 0.1) is 0 Å². The third-order valence-electron chi connectivity index (χ3n) is 2.99. The molecule has 1 aromatic carbocycles. The van der Waals surface area contributed by atoms with Crippen LogP contribution < -0.4 is 5.73 Å². The second kappa shape index (κ2) is 6.87. The Balaban J connectivity index is 2.17. The third-order valence-corrected chi connectivity index (χ3v) is 4.21. The molecule has 0 aliphatic rings. The summed E-state index contributed by atoms with van der Waals surface area (Å²) in [4.78, 5) is 4.32. The lowest BCUT2D eigenvalue weighted by Crippen LogP contribution is -2.19. The summed E-state index contributed by atoms with van der Waals surface area (Å²) in [7, 11) is 0. The van der Waals surface area contributed by atoms with Crippen LogP contribution in [0, 0.1) is 9.49 Å². The van der Waals surface area contributed by atoms with E-state index in [0.717, 1.165) is 21.5 Å². The first kappa shape index (κ1) is 15.7. The summed E-state index contributed by atoms with van der Waals surface area (Å²) in [6.45, 7) is 5.17. The monoisotopic (exact) mass is 404 g/mol. The van der Waals surface area contributed by atoms with Crippen molar-refractivity contribution < 1.29 is 0 Å². The van der Waals surface area contributed by atoms with E-state index in [1.165, 1.54) is 0 Å². The van der Waals surface area contributed by atoms with Crippen molar-refractivity contribution in [2.24, 2.45) is 11.7 Å². The van der Waals surface area contributed by atoms with E-state index in [1.54, 1.807) is 6.33 Å². The van der Waals surface area contributed by atoms with Crippen LogP contribution in [0.2, 0.25) is 5.02 Å². The van der Waals surface area contributed by atoms with E-state index in [9.17, 15) is 0 Å². The van der Waals surface area contributed by atoms with Crippen molar-refractivity contribution in [1.82, 2.24) is 14.8 Å². The highest BCUT2D eigenvalue weighted by Crippen LogP contribution is 2.24. The SMILES string of the molecule is CC(C)Cn1ncnc1CC(N)c1cc(Cl)ccc1I. The molecule has 0 fully saturated rings. The summed E-state index contributed by atoms with van der Waals surface area (Å²) in [6.07, 6.45) is 2.25. The summed E-state index contributed by atoms with van der Waals surface area (Å²) in [6, 6.07) is 5.66. The van der Waals surface area contributed by atoms with E-state index in [0.29, 0.717) is 17.4 Å². The molecule has 1 atom stereocenters. The number of rotatable bonds is 5. The quantitative estimate of drug-likeness (QED) is 0.777. The normalized spacial score (nSPS) is 12.9. The molecule has 0 aliphatic carbocycles. The van der Waals surface area contributed by atoms with Crippen LogP contribution >= 0.6 is 34.2 Å². The maximum Gasteiger partial charge on any atom is 0.138 e. The smallest absolute Gasteiger partial charge is 0.138 e. The predicted octanol–water partition coefficient (Wildman–Crippen LogP) is 3.43. The molecule has 2 N–H and O–H groups in total. The highest BCUT2D eigenvalue weighted by Gasteiger charge is 2.15. The maximum atomic E-state index is 6.31. The number of nitrogens with two attached hydrogens (primary N) is 1. The summed E-state index contributed by atoms with van der Waals surface area (Å²) < 4.78 is 3.05. The first-order chi connectivity index (χ1) is 9.47. The molecule has 0 spiro atoms. The van der Waals surface area contributed by atoms with Crippen molar-refractivity contribution in [3.8, 4) is 0 Å². The average molecular weight is 405 g/mol. The molecular formula is C14H18ClIN4. The van der Waals surface area contributed by atoms with Gasteiger partial charge in [-0.2, -0.15) is 5.10 Å². The molecule has 0 saturated carbocycles. The largest absolute Gasteiger partial charge is 0.324 e. The zero-order valence-corrected chi connectivity index (χ0v) is 14.5. The van der Waals surface area contributed by atoms with Gasteiger partial charge in [0.1, 0.15) is 12.2 Å². The first-order valence-corrected chi connectivity index (χ1v) is 8.00. The van der Waals surface area contributed by atoms with Crippen LogP contribution in [0.25, 0.3) is 0 Å². The van der Waals surface area contributed by atoms with Crippen molar-refractivity contribution in [1.29, 1.82) is 0 Å². The molecule has 20 heavy (non-hydrogen) atoms. The molecule has 0 bridgehead atoms. The lowest BCUT2D eigenvalue weighted by Gasteiger charge is -2.15. The second-order valence-corrected chi connectivity index (χ2v) is 6.83. The van der Waals surface area contributed by atoms with E-state index in [2.05, 4.69) is 46.5 Å². The zero-order valence-electron chi connectivity index (χ0n) is 11.6. The lowest BCUT2D eigenvalue weighted by molar-refractivity contribution is 0.459. The molecule has 4 nitrogen and oxygen atoms in total. The lowest BCUT2D eigenvalue weighted by atomic mass is 10.0. The highest BCUT2D eigenvalue weighted by atomic mass is 127. The number of aromatic nitrogens is 3. The van der Waals surface area contributed by atoms with Crippen LogP contribution in [0.4, 0.5) is 0 Å². The van der Waals surface area contributed by atoms with Crippen molar-refractivity contribution in [3.05, 3.63) is 44.5 Å². The summed E-state index contributed by atoms with van der Waals surface area (Å²) in [5.41, 5.74) is 7.36. The van der Waals surface area contributed by atoms with Crippen LogP contribution in [0.1, 0.15) is 31.3 Å². The Morgan fingerprint density at radius 3 is 2.85 bits per heavy atom. The molecule has 0 aliphatic heterocycles. The molecule has 1 heterocycles. The van der Waals surface area contributed by atoms with Crippen LogP contribution in [-0.2, 0) is 13.0 Å². The highest BCUT2D eigenvalue weighted by molar-refractivity contribution is 14.1. The number of benzene rings is 1. The Hall–Kier alpha value is -0.660. The Labute approximate surface area is 137 Å². The number of nitrogens with zero attached hydrogens (tertiary/aromatic N) is 3. The molecule has 1 unspecified atom stereocenters. The minimum absolute atomic E-state index is 0.129. The number of hydrogen-bond donors (Lipinski definition) is 1. The molecule has 6 heteroatoms. The van der Waals surface area contributed by atoms with Gasteiger partial charge in [-0.15, -0.1) is 0 Å². The Morgan fingerprint density at radius 2 is 2.15 bits per heavy atom. The molecule has 108 valence electrons. The van der Waals surface area contributed by atoms with Gasteiger partial charge < -0.3 is 5.73 Å². The summed E-state index contributed by atoms with van der Waals surface area (Å²) in [5, 5.41) is 4.97. The Morgan fingerprint density at radius 1 is 1.40 bits per heavy atom. The zero-order chi connectivity index (χ0) is 14.7. The van der Waals surface area contributed by atoms with E-state index in [4.69, 9.17) is 17.3 Å². The van der Waals surface area contributed by atoms with Crippen molar-refractivity contribution in [2.75, 3.05) is 0 Å². The number of halogens is 2. The molecule has 2 rings (SSSR count). The van der Waals surface area contributed by atoms with E-state index < -0.39 is 0 Å². The van der Waals surface area contributed by atoms with Gasteiger partial charge in [-0.25, -0.2) is 9.67 Å². The Kier molecular flexibility index (Phi) is 5.40. The van der Waals surface area contributed by atoms with Crippen molar-refractivity contribution in [3.63, 3.8) is 0 Å². The average Bonchev–Trinajstić information content (AvgIpc) is 2.78. The maximum absolute atomic E-state index is 6.31. The van der Waals surface area contributed by atoms with E-state index in [1.807, 2.05) is 22.9 Å². The van der Waals surface area contributed by atoms with Gasteiger partial charge in [-0.3, -0.25) is 0 Å². The van der Waals surface area contributed by atoms with Crippen LogP contribution in [-0.4, -0.2) is 14.8 Å². The second-order valence-electron chi connectivity index (χ2n) is 5.23. The van der Waals surface area contributed by atoms with Gasteiger partial charge in [-0.05, 0) is 52.3 Å². The Bertz CT molecular complexity index is 582. The van der Waals surface area contributed by atoms with Gasteiger partial charge in [0.2, 0.25) is 0 Å². The predicted molar refractivity (Wildman–Crippen MR) is 89.7 cm³/mol. The number of hydrogen-bond acceptors (Lipinski definition) is 3. The standard InChI is InChI=1S/C14H18ClIN4/c1-9(2)7-20-14(18-8-19-20)6-13(17)11-5-10(15)3-4-12(11)16/h3-5,8-9,13H,6-7,17H2,1-2H3. The molecule has 0 saturated heterocycles. The van der Waals surface area contributed by atoms with Crippen LogP contribution in [0.5, 0.6) is 0 Å². The minimum atomic E-state index is -0.129. The molecule has 0 amide bonds. The van der Waals surface area contributed by atoms with Gasteiger partial charge in [-0.1, -0.05) is 25.4 Å². The fourth-order valence-corrected chi connectivity index (χ4v) is 2.97. The molecular weight excluding hydrogens is 387 g/mol. The van der Waals surface area contributed by atoms with Gasteiger partial charge in [0.15, 0.2) is 0 Å². The molecule has 1 aromatic heterocycles. The van der Waals surface area contributed by atoms with Crippen molar-refractivity contribution >= 4 is 34.2 Å². The summed E-state index contributed by atoms with van der Waals surface area (Å²) >= 11 is 8.33. The third kappa shape index (κ3) is 3.93. The van der Waals surface area contributed by atoms with Crippen LogP contribution in [0.3, 0.4) is 0 Å².